The topological polar surface area (TPSA) is 67.2 Å². The second-order valence-electron chi connectivity index (χ2n) is 7.89. The third kappa shape index (κ3) is 3.64. The van der Waals surface area contributed by atoms with Crippen LogP contribution in [0.2, 0.25) is 5.02 Å². The number of hydrogen-bond donors (Lipinski definition) is 2. The zero-order chi connectivity index (χ0) is 19.9. The summed E-state index contributed by atoms with van der Waals surface area (Å²) in [5.41, 5.74) is 2.30. The molecule has 1 aromatic heterocycles. The van der Waals surface area contributed by atoms with Crippen LogP contribution in [0.25, 0.3) is 11.0 Å². The van der Waals surface area contributed by atoms with Crippen LogP contribution in [0, 0.1) is 6.92 Å². The Morgan fingerprint density at radius 3 is 2.64 bits per heavy atom. The summed E-state index contributed by atoms with van der Waals surface area (Å²) in [6.07, 6.45) is 3.23. The Kier molecular flexibility index (Phi) is 4.89. The number of anilines is 1. The average Bonchev–Trinajstić information content (AvgIpc) is 2.90. The van der Waals surface area contributed by atoms with Crippen molar-refractivity contribution >= 4 is 34.5 Å². The van der Waals surface area contributed by atoms with Crippen molar-refractivity contribution in [3.8, 4) is 0 Å². The monoisotopic (exact) mass is 397 g/mol. The summed E-state index contributed by atoms with van der Waals surface area (Å²) in [6, 6.07) is 13.4. The van der Waals surface area contributed by atoms with Gasteiger partial charge in [-0.05, 0) is 56.9 Å². The van der Waals surface area contributed by atoms with Crippen molar-refractivity contribution in [1.29, 1.82) is 0 Å². The lowest BCUT2D eigenvalue weighted by Crippen LogP contribution is -2.30. The van der Waals surface area contributed by atoms with E-state index in [9.17, 15) is 9.90 Å². The first kappa shape index (κ1) is 19.0. The third-order valence-electron chi connectivity index (χ3n) is 5.52. The highest BCUT2D eigenvalue weighted by atomic mass is 35.5. The number of nitrogens with one attached hydrogen (secondary N) is 1. The number of halogens is 1. The molecule has 0 saturated heterocycles. The van der Waals surface area contributed by atoms with Gasteiger partial charge in [-0.3, -0.25) is 10.1 Å². The van der Waals surface area contributed by atoms with E-state index in [1.807, 2.05) is 43.3 Å². The summed E-state index contributed by atoms with van der Waals surface area (Å²) in [7, 11) is 0. The Labute approximate surface area is 169 Å². The number of aryl methyl sites for hydroxylation is 1. The maximum Gasteiger partial charge on any atom is 0.229 e. The normalized spacial score (nSPS) is 16.6. The number of aromatic nitrogens is 2. The highest BCUT2D eigenvalue weighted by molar-refractivity contribution is 6.31. The van der Waals surface area contributed by atoms with Gasteiger partial charge in [0.25, 0.3) is 0 Å². The van der Waals surface area contributed by atoms with Crippen LogP contribution in [-0.2, 0) is 10.4 Å². The molecule has 1 aliphatic rings. The molecule has 0 unspecified atom stereocenters. The summed E-state index contributed by atoms with van der Waals surface area (Å²) in [5.74, 6) is 0.249. The number of rotatable bonds is 5. The van der Waals surface area contributed by atoms with Crippen LogP contribution in [0.15, 0.2) is 42.5 Å². The van der Waals surface area contributed by atoms with Gasteiger partial charge in [-0.2, -0.15) is 0 Å². The molecule has 1 aliphatic carbocycles. The van der Waals surface area contributed by atoms with E-state index in [1.165, 1.54) is 6.42 Å². The van der Waals surface area contributed by atoms with E-state index in [-0.39, 0.29) is 12.3 Å². The van der Waals surface area contributed by atoms with Gasteiger partial charge >= 0.3 is 0 Å². The number of amides is 1. The lowest BCUT2D eigenvalue weighted by molar-refractivity contribution is -0.120. The van der Waals surface area contributed by atoms with Crippen molar-refractivity contribution in [1.82, 2.24) is 9.55 Å². The van der Waals surface area contributed by atoms with Gasteiger partial charge in [0.15, 0.2) is 0 Å². The molecule has 0 radical (unpaired) electrons. The molecule has 5 nitrogen and oxygen atoms in total. The van der Waals surface area contributed by atoms with E-state index in [2.05, 4.69) is 14.9 Å². The van der Waals surface area contributed by atoms with Gasteiger partial charge in [0.2, 0.25) is 11.9 Å². The predicted molar refractivity (Wildman–Crippen MR) is 112 cm³/mol. The van der Waals surface area contributed by atoms with Crippen LogP contribution in [0.1, 0.15) is 49.8 Å². The maximum atomic E-state index is 12.7. The van der Waals surface area contributed by atoms with Crippen LogP contribution >= 0.6 is 11.6 Å². The fourth-order valence-electron chi connectivity index (χ4n) is 3.67. The van der Waals surface area contributed by atoms with Crippen molar-refractivity contribution in [2.24, 2.45) is 0 Å². The lowest BCUT2D eigenvalue weighted by Gasteiger charge is -2.29. The highest BCUT2D eigenvalue weighted by Gasteiger charge is 2.29. The Morgan fingerprint density at radius 2 is 2.00 bits per heavy atom. The largest absolute Gasteiger partial charge is 0.385 e. The van der Waals surface area contributed by atoms with Crippen molar-refractivity contribution in [3.63, 3.8) is 0 Å². The minimum Gasteiger partial charge on any atom is -0.385 e. The first-order valence-corrected chi connectivity index (χ1v) is 9.98. The molecule has 1 amide bonds. The van der Waals surface area contributed by atoms with Gasteiger partial charge in [0, 0.05) is 11.1 Å². The van der Waals surface area contributed by atoms with Crippen LogP contribution in [0.3, 0.4) is 0 Å². The average molecular weight is 398 g/mol. The molecule has 3 aromatic rings. The van der Waals surface area contributed by atoms with Crippen LogP contribution in [0.5, 0.6) is 0 Å². The molecule has 146 valence electrons. The summed E-state index contributed by atoms with van der Waals surface area (Å²) in [4.78, 5) is 17.3. The summed E-state index contributed by atoms with van der Waals surface area (Å²) < 4.78 is 2.07. The SMILES string of the molecule is Cc1ccc([C@@](C)(O)CC(=O)Nc2nc3ccc(Cl)cc3n2C2CCC2)cc1. The number of hydrogen-bond acceptors (Lipinski definition) is 3. The van der Waals surface area contributed by atoms with E-state index in [0.29, 0.717) is 22.6 Å². The van der Waals surface area contributed by atoms with Gasteiger partial charge in [-0.15, -0.1) is 0 Å². The number of carbonyl (C=O) groups is 1. The second kappa shape index (κ2) is 7.22. The number of fused-ring (bicyclic) bond motifs is 1. The van der Waals surface area contributed by atoms with E-state index < -0.39 is 5.60 Å². The van der Waals surface area contributed by atoms with Gasteiger partial charge < -0.3 is 9.67 Å². The molecular weight excluding hydrogens is 374 g/mol. The number of carbonyl (C=O) groups excluding carboxylic acids is 1. The molecule has 1 atom stereocenters. The van der Waals surface area contributed by atoms with Crippen LogP contribution in [0.4, 0.5) is 5.95 Å². The van der Waals surface area contributed by atoms with Crippen molar-refractivity contribution in [2.45, 2.75) is 51.2 Å². The minimum atomic E-state index is -1.26. The molecule has 2 N–H and O–H groups in total. The fourth-order valence-corrected chi connectivity index (χ4v) is 3.83. The fraction of sp³-hybridized carbons (Fsp3) is 0.364. The molecule has 28 heavy (non-hydrogen) atoms. The van der Waals surface area contributed by atoms with Crippen molar-refractivity contribution in [3.05, 3.63) is 58.6 Å². The lowest BCUT2D eigenvalue weighted by atomic mass is 9.91. The molecule has 0 bridgehead atoms. The number of benzene rings is 2. The molecule has 0 spiro atoms. The molecule has 4 rings (SSSR count). The Balaban J connectivity index is 1.59. The molecule has 2 aromatic carbocycles. The zero-order valence-electron chi connectivity index (χ0n) is 16.1. The van der Waals surface area contributed by atoms with E-state index >= 15 is 0 Å². The minimum absolute atomic E-state index is 0.0509. The number of aliphatic hydroxyl groups is 1. The molecule has 6 heteroatoms. The van der Waals surface area contributed by atoms with Crippen molar-refractivity contribution in [2.75, 3.05) is 5.32 Å². The smallest absolute Gasteiger partial charge is 0.229 e. The van der Waals surface area contributed by atoms with Gasteiger partial charge in [-0.25, -0.2) is 4.98 Å². The second-order valence-corrected chi connectivity index (χ2v) is 8.32. The van der Waals surface area contributed by atoms with Crippen molar-refractivity contribution < 1.29 is 9.90 Å². The van der Waals surface area contributed by atoms with E-state index in [4.69, 9.17) is 11.6 Å². The molecule has 1 heterocycles. The molecule has 1 fully saturated rings. The third-order valence-corrected chi connectivity index (χ3v) is 5.76. The molecule has 1 saturated carbocycles. The Morgan fingerprint density at radius 1 is 1.29 bits per heavy atom. The Hall–Kier alpha value is -2.37. The van der Waals surface area contributed by atoms with E-state index in [1.54, 1.807) is 13.0 Å². The first-order chi connectivity index (χ1) is 13.3. The maximum absolute atomic E-state index is 12.7. The van der Waals surface area contributed by atoms with E-state index in [0.717, 1.165) is 29.4 Å². The zero-order valence-corrected chi connectivity index (χ0v) is 16.8. The summed E-state index contributed by atoms with van der Waals surface area (Å²) in [6.45, 7) is 3.65. The van der Waals surface area contributed by atoms with Crippen LogP contribution < -0.4 is 5.32 Å². The highest BCUT2D eigenvalue weighted by Crippen LogP contribution is 2.38. The number of imidazole rings is 1. The van der Waals surface area contributed by atoms with Crippen LogP contribution in [-0.4, -0.2) is 20.6 Å². The Bertz CT molecular complexity index is 1020. The molecular formula is C22H24ClN3O2. The standard InChI is InChI=1S/C22H24ClN3O2/c1-14-6-8-15(9-7-14)22(2,28)13-20(27)25-21-24-18-11-10-16(23)12-19(18)26(21)17-4-3-5-17/h6-12,17,28H,3-5,13H2,1-2H3,(H,24,25,27)/t22-/m0/s1. The summed E-state index contributed by atoms with van der Waals surface area (Å²) >= 11 is 6.18. The molecule has 0 aliphatic heterocycles. The van der Waals surface area contributed by atoms with Gasteiger partial charge in [-0.1, -0.05) is 41.4 Å². The predicted octanol–water partition coefficient (Wildman–Crippen LogP) is 4.96. The number of nitrogens with zero attached hydrogens (tertiary/aromatic N) is 2. The summed E-state index contributed by atoms with van der Waals surface area (Å²) in [5, 5.41) is 14.4. The quantitative estimate of drug-likeness (QED) is 0.639. The van der Waals surface area contributed by atoms with Gasteiger partial charge in [0.05, 0.1) is 23.1 Å². The van der Waals surface area contributed by atoms with Gasteiger partial charge in [0.1, 0.15) is 0 Å². The first-order valence-electron chi connectivity index (χ1n) is 9.60.